The van der Waals surface area contributed by atoms with E-state index < -0.39 is 0 Å². The van der Waals surface area contributed by atoms with E-state index in [4.69, 9.17) is 0 Å². The maximum atomic E-state index is 4.69. The molecule has 1 aromatic rings. The van der Waals surface area contributed by atoms with Crippen LogP contribution >= 0.6 is 0 Å². The van der Waals surface area contributed by atoms with E-state index in [2.05, 4.69) is 34.1 Å². The first kappa shape index (κ1) is 11.6. The summed E-state index contributed by atoms with van der Waals surface area (Å²) in [6.07, 6.45) is 3.93. The highest BCUT2D eigenvalue weighted by Crippen LogP contribution is 2.28. The normalized spacial score (nSPS) is 30.6. The van der Waals surface area contributed by atoms with Crippen molar-refractivity contribution in [2.75, 3.05) is 0 Å². The Kier molecular flexibility index (Phi) is 3.59. The molecule has 1 saturated carbocycles. The third-order valence-electron chi connectivity index (χ3n) is 3.71. The molecule has 1 aliphatic carbocycles. The molecule has 0 amide bonds. The van der Waals surface area contributed by atoms with Crippen LogP contribution in [0.15, 0.2) is 4.63 Å². The monoisotopic (exact) mass is 223 g/mol. The zero-order valence-electron chi connectivity index (χ0n) is 10.4. The number of nitrogens with one attached hydrogen (secondary N) is 1. The smallest absolute Gasteiger partial charge is 0.121 e. The maximum Gasteiger partial charge on any atom is 0.121 e. The molecule has 90 valence electrons. The highest BCUT2D eigenvalue weighted by Gasteiger charge is 2.25. The average molecular weight is 223 g/mol. The molecule has 16 heavy (non-hydrogen) atoms. The van der Waals surface area contributed by atoms with Gasteiger partial charge >= 0.3 is 0 Å². The minimum Gasteiger partial charge on any atom is -0.308 e. The molecule has 0 spiro atoms. The molecule has 0 aliphatic heterocycles. The number of hydrogen-bond donors (Lipinski definition) is 1. The molecule has 0 radical (unpaired) electrons. The third-order valence-corrected chi connectivity index (χ3v) is 3.71. The minimum absolute atomic E-state index is 0.618. The number of aryl methyl sites for hydroxylation is 1. The van der Waals surface area contributed by atoms with Crippen molar-refractivity contribution >= 4 is 0 Å². The summed E-state index contributed by atoms with van der Waals surface area (Å²) in [4.78, 5) is 0. The van der Waals surface area contributed by atoms with Crippen LogP contribution in [0.4, 0.5) is 0 Å². The van der Waals surface area contributed by atoms with Gasteiger partial charge in [0.2, 0.25) is 0 Å². The van der Waals surface area contributed by atoms with Gasteiger partial charge in [-0.15, -0.1) is 0 Å². The Morgan fingerprint density at radius 2 is 2.12 bits per heavy atom. The van der Waals surface area contributed by atoms with E-state index in [1.54, 1.807) is 0 Å². The Morgan fingerprint density at radius 1 is 1.31 bits per heavy atom. The van der Waals surface area contributed by atoms with Gasteiger partial charge in [0.25, 0.3) is 0 Å². The molecule has 0 bridgehead atoms. The summed E-state index contributed by atoms with van der Waals surface area (Å²) < 4.78 is 4.69. The maximum absolute atomic E-state index is 4.69. The van der Waals surface area contributed by atoms with Crippen LogP contribution in [0.1, 0.15) is 44.5 Å². The second-order valence-corrected chi connectivity index (χ2v) is 5.18. The van der Waals surface area contributed by atoms with Crippen molar-refractivity contribution in [3.63, 3.8) is 0 Å². The first-order valence-corrected chi connectivity index (χ1v) is 6.18. The Balaban J connectivity index is 1.84. The summed E-state index contributed by atoms with van der Waals surface area (Å²) >= 11 is 0. The predicted molar refractivity (Wildman–Crippen MR) is 61.8 cm³/mol. The Bertz CT molecular complexity index is 337. The van der Waals surface area contributed by atoms with E-state index in [1.165, 1.54) is 19.3 Å². The van der Waals surface area contributed by atoms with Gasteiger partial charge in [-0.3, -0.25) is 0 Å². The highest BCUT2D eigenvalue weighted by atomic mass is 16.6. The van der Waals surface area contributed by atoms with Gasteiger partial charge in [-0.1, -0.05) is 24.2 Å². The van der Waals surface area contributed by atoms with Gasteiger partial charge in [0.05, 0.1) is 0 Å². The second-order valence-electron chi connectivity index (χ2n) is 5.18. The second kappa shape index (κ2) is 4.95. The SMILES string of the molecule is Cc1nonc1CNC1CCC(C)CC1C. The number of rotatable bonds is 3. The van der Waals surface area contributed by atoms with Gasteiger partial charge < -0.3 is 5.32 Å². The molecule has 1 aliphatic rings. The molecule has 0 aromatic carbocycles. The molecule has 1 fully saturated rings. The van der Waals surface area contributed by atoms with E-state index in [9.17, 15) is 0 Å². The first-order chi connectivity index (χ1) is 7.66. The van der Waals surface area contributed by atoms with Gasteiger partial charge in [0, 0.05) is 12.6 Å². The summed E-state index contributed by atoms with van der Waals surface area (Å²) in [7, 11) is 0. The fourth-order valence-electron chi connectivity index (χ4n) is 2.61. The molecule has 1 N–H and O–H groups in total. The van der Waals surface area contributed by atoms with E-state index in [0.717, 1.165) is 29.8 Å². The molecule has 3 atom stereocenters. The molecule has 4 nitrogen and oxygen atoms in total. The molecule has 1 aromatic heterocycles. The van der Waals surface area contributed by atoms with Crippen LogP contribution in [0.3, 0.4) is 0 Å². The van der Waals surface area contributed by atoms with Gasteiger partial charge in [-0.05, 0) is 38.0 Å². The molecule has 3 unspecified atom stereocenters. The van der Waals surface area contributed by atoms with Gasteiger partial charge in [0.15, 0.2) is 0 Å². The Labute approximate surface area is 96.8 Å². The van der Waals surface area contributed by atoms with Gasteiger partial charge in [-0.2, -0.15) is 0 Å². The molecule has 4 heteroatoms. The van der Waals surface area contributed by atoms with Crippen LogP contribution in [-0.2, 0) is 6.54 Å². The zero-order chi connectivity index (χ0) is 11.5. The van der Waals surface area contributed by atoms with Gasteiger partial charge in [-0.25, -0.2) is 4.63 Å². The summed E-state index contributed by atoms with van der Waals surface area (Å²) in [6.45, 7) is 7.39. The number of hydrogen-bond acceptors (Lipinski definition) is 4. The molecule has 1 heterocycles. The molecular formula is C12H21N3O. The molecule has 2 rings (SSSR count). The summed E-state index contributed by atoms with van der Waals surface area (Å²) in [5.41, 5.74) is 1.83. The summed E-state index contributed by atoms with van der Waals surface area (Å²) in [5, 5.41) is 11.2. The number of aromatic nitrogens is 2. The third kappa shape index (κ3) is 2.61. The Hall–Kier alpha value is -0.900. The lowest BCUT2D eigenvalue weighted by atomic mass is 9.80. The molecular weight excluding hydrogens is 202 g/mol. The molecule has 0 saturated heterocycles. The van der Waals surface area contributed by atoms with Crippen LogP contribution in [0.25, 0.3) is 0 Å². The Morgan fingerprint density at radius 3 is 2.75 bits per heavy atom. The highest BCUT2D eigenvalue weighted by molar-refractivity contribution is 5.04. The van der Waals surface area contributed by atoms with E-state index in [1.807, 2.05) is 6.92 Å². The zero-order valence-corrected chi connectivity index (χ0v) is 10.4. The van der Waals surface area contributed by atoms with Crippen molar-refractivity contribution < 1.29 is 4.63 Å². The minimum atomic E-state index is 0.618. The van der Waals surface area contributed by atoms with E-state index >= 15 is 0 Å². The summed E-state index contributed by atoms with van der Waals surface area (Å²) in [5.74, 6) is 1.63. The van der Waals surface area contributed by atoms with Crippen molar-refractivity contribution in [2.45, 2.75) is 52.6 Å². The predicted octanol–water partition coefficient (Wildman–Crippen LogP) is 2.29. The fourth-order valence-corrected chi connectivity index (χ4v) is 2.61. The average Bonchev–Trinajstić information content (AvgIpc) is 2.63. The first-order valence-electron chi connectivity index (χ1n) is 6.18. The lowest BCUT2D eigenvalue weighted by Crippen LogP contribution is -2.38. The standard InChI is InChI=1S/C12H21N3O/c1-8-4-5-11(9(2)6-8)13-7-12-10(3)14-16-15-12/h8-9,11,13H,4-7H2,1-3H3. The largest absolute Gasteiger partial charge is 0.308 e. The quantitative estimate of drug-likeness (QED) is 0.854. The van der Waals surface area contributed by atoms with Crippen LogP contribution < -0.4 is 5.32 Å². The van der Waals surface area contributed by atoms with E-state index in [0.29, 0.717) is 6.04 Å². The van der Waals surface area contributed by atoms with Crippen molar-refractivity contribution in [3.8, 4) is 0 Å². The van der Waals surface area contributed by atoms with Crippen molar-refractivity contribution in [1.82, 2.24) is 15.6 Å². The van der Waals surface area contributed by atoms with Crippen LogP contribution in [0.2, 0.25) is 0 Å². The lowest BCUT2D eigenvalue weighted by molar-refractivity contribution is 0.225. The van der Waals surface area contributed by atoms with Crippen molar-refractivity contribution in [2.24, 2.45) is 11.8 Å². The summed E-state index contributed by atoms with van der Waals surface area (Å²) in [6, 6.07) is 0.618. The van der Waals surface area contributed by atoms with Crippen LogP contribution in [-0.4, -0.2) is 16.4 Å². The van der Waals surface area contributed by atoms with Crippen molar-refractivity contribution in [1.29, 1.82) is 0 Å². The van der Waals surface area contributed by atoms with Crippen LogP contribution in [0, 0.1) is 18.8 Å². The van der Waals surface area contributed by atoms with Gasteiger partial charge in [0.1, 0.15) is 11.4 Å². The fraction of sp³-hybridized carbons (Fsp3) is 0.833. The van der Waals surface area contributed by atoms with Crippen molar-refractivity contribution in [3.05, 3.63) is 11.4 Å². The number of nitrogens with zero attached hydrogens (tertiary/aromatic N) is 2. The van der Waals surface area contributed by atoms with E-state index in [-0.39, 0.29) is 0 Å². The topological polar surface area (TPSA) is 51.0 Å². The van der Waals surface area contributed by atoms with Crippen LogP contribution in [0.5, 0.6) is 0 Å². The lowest BCUT2D eigenvalue weighted by Gasteiger charge is -2.33.